The van der Waals surface area contributed by atoms with Gasteiger partial charge in [-0.25, -0.2) is 4.79 Å². The number of aliphatic carboxylic acids is 1. The molecular formula is C20H27NO5S. The molecule has 7 heteroatoms. The molecule has 0 aromatic carbocycles. The maximum absolute atomic E-state index is 12.9. The summed E-state index contributed by atoms with van der Waals surface area (Å²) in [6, 6.07) is 0. The smallest absolute Gasteiger partial charge is 0.341 e. The van der Waals surface area contributed by atoms with E-state index >= 15 is 0 Å². The summed E-state index contributed by atoms with van der Waals surface area (Å²) in [6.07, 6.45) is 6.63. The Hall–Kier alpha value is -1.89. The number of rotatable bonds is 5. The Kier molecular flexibility index (Phi) is 6.19. The van der Waals surface area contributed by atoms with Gasteiger partial charge in [0, 0.05) is 4.88 Å². The van der Waals surface area contributed by atoms with Crippen molar-refractivity contribution in [2.24, 2.45) is 17.8 Å². The van der Waals surface area contributed by atoms with Crippen molar-refractivity contribution in [1.82, 2.24) is 0 Å². The van der Waals surface area contributed by atoms with E-state index in [1.165, 1.54) is 18.4 Å². The van der Waals surface area contributed by atoms with Crippen LogP contribution in [-0.2, 0) is 27.2 Å². The molecule has 1 amide bonds. The molecule has 2 aliphatic carbocycles. The van der Waals surface area contributed by atoms with Gasteiger partial charge < -0.3 is 15.2 Å². The van der Waals surface area contributed by atoms with E-state index in [9.17, 15) is 19.5 Å². The van der Waals surface area contributed by atoms with Gasteiger partial charge in [-0.05, 0) is 43.6 Å². The average Bonchev–Trinajstić information content (AvgIpc) is 3.03. The third-order valence-corrected chi connectivity index (χ3v) is 7.16. The van der Waals surface area contributed by atoms with Crippen molar-refractivity contribution in [2.75, 3.05) is 12.4 Å². The largest absolute Gasteiger partial charge is 0.481 e. The number of esters is 1. The fraction of sp³-hybridized carbons (Fsp3) is 0.650. The summed E-state index contributed by atoms with van der Waals surface area (Å²) in [5.41, 5.74) is 1.45. The molecule has 1 fully saturated rings. The molecule has 1 aromatic rings. The first-order chi connectivity index (χ1) is 13.0. The summed E-state index contributed by atoms with van der Waals surface area (Å²) < 4.78 is 4.96. The van der Waals surface area contributed by atoms with Crippen LogP contribution in [0.1, 0.15) is 66.2 Å². The Labute approximate surface area is 163 Å². The van der Waals surface area contributed by atoms with E-state index < -0.39 is 23.8 Å². The number of thiophene rings is 1. The van der Waals surface area contributed by atoms with Crippen LogP contribution < -0.4 is 5.32 Å². The zero-order chi connectivity index (χ0) is 19.6. The summed E-state index contributed by atoms with van der Waals surface area (Å²) in [7, 11) is 1.34. The Balaban J connectivity index is 1.87. The van der Waals surface area contributed by atoms with Crippen LogP contribution in [0.15, 0.2) is 0 Å². The number of carbonyl (C=O) groups is 3. The SMILES string of the molecule is CC[C@H]1CCc2c(sc(NC(=O)[C@@H]3CCCC[C@@H]3C(=O)O)c2C(=O)OC)C1. The predicted molar refractivity (Wildman–Crippen MR) is 103 cm³/mol. The first-order valence-corrected chi connectivity index (χ1v) is 10.5. The lowest BCUT2D eigenvalue weighted by Crippen LogP contribution is -2.36. The van der Waals surface area contributed by atoms with Crippen molar-refractivity contribution in [2.45, 2.75) is 58.3 Å². The van der Waals surface area contributed by atoms with Crippen molar-refractivity contribution in [3.05, 3.63) is 16.0 Å². The molecule has 0 aliphatic heterocycles. The molecule has 2 N–H and O–H groups in total. The van der Waals surface area contributed by atoms with Crippen molar-refractivity contribution in [3.63, 3.8) is 0 Å². The maximum atomic E-state index is 12.9. The van der Waals surface area contributed by atoms with Gasteiger partial charge in [0.05, 0.1) is 24.5 Å². The second kappa shape index (κ2) is 8.42. The van der Waals surface area contributed by atoms with Crippen LogP contribution in [0, 0.1) is 17.8 Å². The Morgan fingerprint density at radius 1 is 1.19 bits per heavy atom. The number of methoxy groups -OCH3 is 1. The molecule has 1 saturated carbocycles. The quantitative estimate of drug-likeness (QED) is 0.741. The molecule has 1 aromatic heterocycles. The van der Waals surface area contributed by atoms with Gasteiger partial charge in [0.1, 0.15) is 5.00 Å². The Bertz CT molecular complexity index is 741. The van der Waals surface area contributed by atoms with Crippen LogP contribution in [0.5, 0.6) is 0 Å². The molecular weight excluding hydrogens is 366 g/mol. The normalized spacial score (nSPS) is 24.7. The lowest BCUT2D eigenvalue weighted by atomic mass is 9.78. The minimum absolute atomic E-state index is 0.294. The highest BCUT2D eigenvalue weighted by atomic mass is 32.1. The number of carboxylic acid groups (broad SMARTS) is 1. The van der Waals surface area contributed by atoms with Gasteiger partial charge in [0.15, 0.2) is 0 Å². The predicted octanol–water partition coefficient (Wildman–Crippen LogP) is 3.88. The van der Waals surface area contributed by atoms with E-state index in [0.29, 0.717) is 29.3 Å². The Morgan fingerprint density at radius 2 is 1.89 bits per heavy atom. The number of carbonyl (C=O) groups excluding carboxylic acids is 2. The van der Waals surface area contributed by atoms with Crippen molar-refractivity contribution < 1.29 is 24.2 Å². The summed E-state index contributed by atoms with van der Waals surface area (Å²) in [6.45, 7) is 2.17. The molecule has 3 rings (SSSR count). The molecule has 3 atom stereocenters. The zero-order valence-electron chi connectivity index (χ0n) is 15.9. The number of amides is 1. The number of hydrogen-bond donors (Lipinski definition) is 2. The van der Waals surface area contributed by atoms with E-state index in [1.807, 2.05) is 0 Å². The van der Waals surface area contributed by atoms with Gasteiger partial charge in [-0.15, -0.1) is 11.3 Å². The molecule has 148 valence electrons. The summed E-state index contributed by atoms with van der Waals surface area (Å²) in [5.74, 6) is -2.25. The van der Waals surface area contributed by atoms with Gasteiger partial charge in [-0.2, -0.15) is 0 Å². The summed E-state index contributed by atoms with van der Waals surface area (Å²) in [4.78, 5) is 37.9. The monoisotopic (exact) mass is 393 g/mol. The minimum Gasteiger partial charge on any atom is -0.481 e. The van der Waals surface area contributed by atoms with E-state index in [2.05, 4.69) is 12.2 Å². The highest BCUT2D eigenvalue weighted by molar-refractivity contribution is 7.17. The standard InChI is InChI=1S/C20H27NO5S/c1-3-11-8-9-14-15(10-11)27-18(16(14)20(25)26-2)21-17(22)12-6-4-5-7-13(12)19(23)24/h11-13H,3-10H2,1-2H3,(H,21,22)(H,23,24)/t11-,12+,13-/m0/s1. The minimum atomic E-state index is -0.917. The molecule has 6 nitrogen and oxygen atoms in total. The van der Waals surface area contributed by atoms with Gasteiger partial charge in [0.25, 0.3) is 0 Å². The van der Waals surface area contributed by atoms with Crippen LogP contribution in [0.25, 0.3) is 0 Å². The molecule has 0 radical (unpaired) electrons. The highest BCUT2D eigenvalue weighted by Gasteiger charge is 2.37. The van der Waals surface area contributed by atoms with Gasteiger partial charge in [-0.3, -0.25) is 9.59 Å². The van der Waals surface area contributed by atoms with Gasteiger partial charge in [-0.1, -0.05) is 26.2 Å². The molecule has 0 unspecified atom stereocenters. The van der Waals surface area contributed by atoms with Crippen LogP contribution in [0.4, 0.5) is 5.00 Å². The van der Waals surface area contributed by atoms with E-state index in [1.54, 1.807) is 0 Å². The number of carboxylic acids is 1. The topological polar surface area (TPSA) is 92.7 Å². The molecule has 0 bridgehead atoms. The lowest BCUT2D eigenvalue weighted by Gasteiger charge is -2.27. The number of ether oxygens (including phenoxy) is 1. The molecule has 0 spiro atoms. The lowest BCUT2D eigenvalue weighted by molar-refractivity contribution is -0.147. The molecule has 0 saturated heterocycles. The van der Waals surface area contributed by atoms with Gasteiger partial charge >= 0.3 is 11.9 Å². The number of hydrogen-bond acceptors (Lipinski definition) is 5. The third-order valence-electron chi connectivity index (χ3n) is 5.99. The second-order valence-electron chi connectivity index (χ2n) is 7.54. The van der Waals surface area contributed by atoms with Gasteiger partial charge in [0.2, 0.25) is 5.91 Å². The Morgan fingerprint density at radius 3 is 2.52 bits per heavy atom. The fourth-order valence-corrected chi connectivity index (χ4v) is 5.71. The zero-order valence-corrected chi connectivity index (χ0v) is 16.7. The fourth-order valence-electron chi connectivity index (χ4n) is 4.35. The van der Waals surface area contributed by atoms with E-state index in [0.717, 1.165) is 49.0 Å². The average molecular weight is 394 g/mol. The van der Waals surface area contributed by atoms with Crippen LogP contribution in [-0.4, -0.2) is 30.1 Å². The number of anilines is 1. The van der Waals surface area contributed by atoms with Crippen molar-refractivity contribution in [1.29, 1.82) is 0 Å². The summed E-state index contributed by atoms with van der Waals surface area (Å²) >= 11 is 1.45. The van der Waals surface area contributed by atoms with E-state index in [-0.39, 0.29) is 5.91 Å². The second-order valence-corrected chi connectivity index (χ2v) is 8.65. The maximum Gasteiger partial charge on any atom is 0.341 e. The van der Waals surface area contributed by atoms with Crippen molar-refractivity contribution in [3.8, 4) is 0 Å². The highest BCUT2D eigenvalue weighted by Crippen LogP contribution is 2.41. The number of fused-ring (bicyclic) bond motifs is 1. The summed E-state index contributed by atoms with van der Waals surface area (Å²) in [5, 5.41) is 12.8. The van der Waals surface area contributed by atoms with E-state index in [4.69, 9.17) is 4.74 Å². The van der Waals surface area contributed by atoms with Crippen molar-refractivity contribution >= 4 is 34.2 Å². The van der Waals surface area contributed by atoms with Crippen LogP contribution in [0.2, 0.25) is 0 Å². The van der Waals surface area contributed by atoms with Crippen LogP contribution >= 0.6 is 11.3 Å². The molecule has 27 heavy (non-hydrogen) atoms. The first-order valence-electron chi connectivity index (χ1n) is 9.72. The first kappa shape index (κ1) is 19.9. The molecule has 1 heterocycles. The van der Waals surface area contributed by atoms with Crippen LogP contribution in [0.3, 0.4) is 0 Å². The third kappa shape index (κ3) is 4.03. The number of nitrogens with one attached hydrogen (secondary N) is 1. The molecule has 2 aliphatic rings.